The van der Waals surface area contributed by atoms with Gasteiger partial charge in [0.05, 0.1) is 5.71 Å². The Morgan fingerprint density at radius 1 is 0.958 bits per heavy atom. The Balaban J connectivity index is 1.61. The van der Waals surface area contributed by atoms with Crippen LogP contribution in [0.1, 0.15) is 74.5 Å². The molecule has 1 aliphatic carbocycles. The first kappa shape index (κ1) is 36.1. The smallest absolute Gasteiger partial charge is 0.331 e. The highest BCUT2D eigenvalue weighted by Gasteiger charge is 2.20. The third-order valence-electron chi connectivity index (χ3n) is 7.84. The van der Waals surface area contributed by atoms with E-state index in [1.54, 1.807) is 17.8 Å². The van der Waals surface area contributed by atoms with Crippen molar-refractivity contribution in [3.8, 4) is 0 Å². The first-order chi connectivity index (χ1) is 23.1. The van der Waals surface area contributed by atoms with Gasteiger partial charge in [0.1, 0.15) is 6.10 Å². The lowest BCUT2D eigenvalue weighted by molar-refractivity contribution is -0.141. The summed E-state index contributed by atoms with van der Waals surface area (Å²) in [5.74, 6) is 0.120. The molecule has 0 aliphatic heterocycles. The largest absolute Gasteiger partial charge is 0.382 e. The van der Waals surface area contributed by atoms with Gasteiger partial charge in [0.25, 0.3) is 0 Å². The van der Waals surface area contributed by atoms with Gasteiger partial charge in [-0.05, 0) is 107 Å². The SMILES string of the molecule is C=C/C(=C\C=C(C)C)N(c1ccc(C(=O)C2=C(C)CCC=C2)cc1)c1ccc(C(O)/C(CCSc2ccc(C)cc2)=N/OC(C)=O)cc1. The number of Topliss-reactive ketones (excluding diaryl/α,β-unsaturated/α-hetero) is 1. The van der Waals surface area contributed by atoms with Gasteiger partial charge < -0.3 is 14.8 Å². The predicted molar refractivity (Wildman–Crippen MR) is 199 cm³/mol. The number of carbonyl (C=O) groups excluding carboxylic acids is 2. The van der Waals surface area contributed by atoms with Crippen LogP contribution >= 0.6 is 11.8 Å². The van der Waals surface area contributed by atoms with Crippen LogP contribution in [0.5, 0.6) is 0 Å². The standard InChI is InChI=1S/C41H44N2O4S/c1-7-34(19-12-28(2)3)43(35-20-15-32(16-21-35)40(45)38-11-9-8-10-30(38)5)36-22-17-33(18-23-36)41(46)39(42-47-31(6)44)26-27-48-37-24-13-29(4)14-25-37/h7,9,11-25,41,46H,1,8,10,26-27H2,2-6H3/b34-19+,42-39+. The van der Waals surface area contributed by atoms with E-state index in [9.17, 15) is 14.7 Å². The monoisotopic (exact) mass is 660 g/mol. The average molecular weight is 661 g/mol. The normalized spacial score (nSPS) is 14.0. The van der Waals surface area contributed by atoms with Crippen molar-refractivity contribution in [2.45, 2.75) is 64.9 Å². The molecule has 3 aromatic carbocycles. The van der Waals surface area contributed by atoms with Crippen molar-refractivity contribution in [3.63, 3.8) is 0 Å². The number of oxime groups is 1. The molecule has 0 fully saturated rings. The Kier molecular flexibility index (Phi) is 13.1. The number of thioether (sulfide) groups is 1. The zero-order valence-corrected chi connectivity index (χ0v) is 29.2. The lowest BCUT2D eigenvalue weighted by Gasteiger charge is -2.27. The number of hydrogen-bond donors (Lipinski definition) is 1. The quantitative estimate of drug-likeness (QED) is 0.0463. The van der Waals surface area contributed by atoms with Crippen molar-refractivity contribution in [2.75, 3.05) is 10.7 Å². The molecule has 4 rings (SSSR count). The molecule has 0 spiro atoms. The molecule has 1 atom stereocenters. The summed E-state index contributed by atoms with van der Waals surface area (Å²) >= 11 is 1.64. The fourth-order valence-corrected chi connectivity index (χ4v) is 6.03. The molecule has 6 nitrogen and oxygen atoms in total. The maximum absolute atomic E-state index is 13.3. The molecule has 0 bridgehead atoms. The van der Waals surface area contributed by atoms with Gasteiger partial charge >= 0.3 is 5.97 Å². The number of hydrogen-bond acceptors (Lipinski definition) is 7. The third-order valence-corrected chi connectivity index (χ3v) is 8.85. The number of allylic oxidation sites excluding steroid dienone is 8. The number of benzene rings is 3. The van der Waals surface area contributed by atoms with Crippen molar-refractivity contribution >= 4 is 40.6 Å². The minimum atomic E-state index is -1.07. The molecule has 0 saturated heterocycles. The summed E-state index contributed by atoms with van der Waals surface area (Å²) in [5, 5.41) is 15.4. The molecule has 7 heteroatoms. The first-order valence-electron chi connectivity index (χ1n) is 16.1. The number of aliphatic hydroxyl groups excluding tert-OH is 1. The number of aliphatic hydroxyl groups is 1. The van der Waals surface area contributed by atoms with Gasteiger partial charge in [0, 0.05) is 52.2 Å². The highest BCUT2D eigenvalue weighted by atomic mass is 32.2. The van der Waals surface area contributed by atoms with Crippen LogP contribution in [0.2, 0.25) is 0 Å². The first-order valence-corrected chi connectivity index (χ1v) is 17.1. The molecule has 1 aliphatic rings. The van der Waals surface area contributed by atoms with Crippen LogP contribution in [0.15, 0.2) is 142 Å². The highest BCUT2D eigenvalue weighted by molar-refractivity contribution is 7.99. The topological polar surface area (TPSA) is 79.2 Å². The molecule has 48 heavy (non-hydrogen) atoms. The van der Waals surface area contributed by atoms with Crippen molar-refractivity contribution in [1.82, 2.24) is 0 Å². The van der Waals surface area contributed by atoms with E-state index in [2.05, 4.69) is 42.1 Å². The fraction of sp³-hybridized carbons (Fsp3) is 0.244. The van der Waals surface area contributed by atoms with Gasteiger partial charge in [-0.3, -0.25) is 4.79 Å². The number of aryl methyl sites for hydroxylation is 1. The van der Waals surface area contributed by atoms with Gasteiger partial charge in [-0.15, -0.1) is 11.8 Å². The second kappa shape index (κ2) is 17.4. The highest BCUT2D eigenvalue weighted by Crippen LogP contribution is 2.33. The summed E-state index contributed by atoms with van der Waals surface area (Å²) in [7, 11) is 0. The van der Waals surface area contributed by atoms with E-state index in [1.807, 2.05) is 99.4 Å². The lowest BCUT2D eigenvalue weighted by atomic mass is 9.92. The molecule has 0 saturated carbocycles. The van der Waals surface area contributed by atoms with Gasteiger partial charge in [0.15, 0.2) is 5.78 Å². The van der Waals surface area contributed by atoms with Crippen LogP contribution in [0.3, 0.4) is 0 Å². The summed E-state index contributed by atoms with van der Waals surface area (Å²) in [6.45, 7) is 13.5. The van der Waals surface area contributed by atoms with Crippen LogP contribution in [0.4, 0.5) is 11.4 Å². The minimum Gasteiger partial charge on any atom is -0.382 e. The molecule has 3 aromatic rings. The average Bonchev–Trinajstić information content (AvgIpc) is 3.08. The molecule has 0 heterocycles. The van der Waals surface area contributed by atoms with Crippen LogP contribution in [-0.2, 0) is 9.63 Å². The van der Waals surface area contributed by atoms with Crippen molar-refractivity contribution in [2.24, 2.45) is 5.16 Å². The summed E-state index contributed by atoms with van der Waals surface area (Å²) in [5.41, 5.74) is 8.33. The second-order valence-corrected chi connectivity index (χ2v) is 13.1. The Morgan fingerprint density at radius 3 is 2.19 bits per heavy atom. The van der Waals surface area contributed by atoms with Gasteiger partial charge in [-0.2, -0.15) is 0 Å². The number of carbonyl (C=O) groups is 2. The fourth-order valence-electron chi connectivity index (χ4n) is 5.16. The summed E-state index contributed by atoms with van der Waals surface area (Å²) < 4.78 is 0. The van der Waals surface area contributed by atoms with Crippen LogP contribution in [0.25, 0.3) is 0 Å². The molecule has 0 radical (unpaired) electrons. The molecular formula is C41H44N2O4S. The Bertz CT molecular complexity index is 1760. The number of rotatable bonds is 14. The zero-order chi connectivity index (χ0) is 34.6. The number of ketones is 1. The Hall–Kier alpha value is -4.72. The van der Waals surface area contributed by atoms with E-state index in [4.69, 9.17) is 4.84 Å². The van der Waals surface area contributed by atoms with Gasteiger partial charge in [0.2, 0.25) is 0 Å². The van der Waals surface area contributed by atoms with E-state index < -0.39 is 12.1 Å². The third kappa shape index (κ3) is 9.89. The molecule has 248 valence electrons. The molecule has 1 unspecified atom stereocenters. The molecule has 0 aromatic heterocycles. The minimum absolute atomic E-state index is 0.0207. The van der Waals surface area contributed by atoms with Crippen LogP contribution < -0.4 is 4.90 Å². The predicted octanol–water partition coefficient (Wildman–Crippen LogP) is 10.2. The maximum atomic E-state index is 13.3. The summed E-state index contributed by atoms with van der Waals surface area (Å²) in [6.07, 6.45) is 11.0. The van der Waals surface area contributed by atoms with Crippen LogP contribution in [-0.4, -0.2) is 28.3 Å². The zero-order valence-electron chi connectivity index (χ0n) is 28.4. The van der Waals surface area contributed by atoms with E-state index in [0.717, 1.165) is 51.5 Å². The van der Waals surface area contributed by atoms with Gasteiger partial charge in [-0.1, -0.05) is 70.9 Å². The summed E-state index contributed by atoms with van der Waals surface area (Å²) in [4.78, 5) is 33.0. The van der Waals surface area contributed by atoms with Gasteiger partial charge in [-0.25, -0.2) is 4.79 Å². The Morgan fingerprint density at radius 2 is 1.60 bits per heavy atom. The molecular weight excluding hydrogens is 617 g/mol. The lowest BCUT2D eigenvalue weighted by Crippen LogP contribution is -2.17. The molecule has 1 N–H and O–H groups in total. The number of nitrogens with zero attached hydrogens (tertiary/aromatic N) is 2. The molecule has 0 amide bonds. The van der Waals surface area contributed by atoms with Crippen molar-refractivity contribution in [3.05, 3.63) is 149 Å². The summed E-state index contributed by atoms with van der Waals surface area (Å²) in [6, 6.07) is 23.4. The van der Waals surface area contributed by atoms with Crippen molar-refractivity contribution in [1.29, 1.82) is 0 Å². The Labute approximate surface area is 288 Å². The van der Waals surface area contributed by atoms with E-state index in [-0.39, 0.29) is 5.78 Å². The second-order valence-electron chi connectivity index (χ2n) is 12.0. The van der Waals surface area contributed by atoms with Crippen LogP contribution in [0, 0.1) is 6.92 Å². The van der Waals surface area contributed by atoms with E-state index >= 15 is 0 Å². The van der Waals surface area contributed by atoms with E-state index in [1.165, 1.54) is 12.5 Å². The van der Waals surface area contributed by atoms with Crippen molar-refractivity contribution < 1.29 is 19.5 Å². The number of anilines is 2. The maximum Gasteiger partial charge on any atom is 0.331 e. The van der Waals surface area contributed by atoms with E-state index in [0.29, 0.717) is 29.0 Å².